The molecular weight excluding hydrogens is 272 g/mol. The lowest BCUT2D eigenvalue weighted by atomic mass is 10.1. The summed E-state index contributed by atoms with van der Waals surface area (Å²) in [5.74, 6) is 3.47. The number of thioether (sulfide) groups is 1. The van der Waals surface area contributed by atoms with Gasteiger partial charge in [0.05, 0.1) is 0 Å². The topological polar surface area (TPSA) is 50.2 Å². The van der Waals surface area contributed by atoms with E-state index < -0.39 is 0 Å². The van der Waals surface area contributed by atoms with Crippen molar-refractivity contribution in [2.45, 2.75) is 39.3 Å². The third kappa shape index (κ3) is 4.16. The average Bonchev–Trinajstić information content (AvgIpc) is 3.06. The molecule has 2 heterocycles. The zero-order chi connectivity index (χ0) is 14.5. The number of rotatable bonds is 5. The number of aromatic nitrogens is 2. The van der Waals surface area contributed by atoms with Crippen LogP contribution in [0.3, 0.4) is 0 Å². The molecule has 6 heteroatoms. The van der Waals surface area contributed by atoms with E-state index in [4.69, 9.17) is 0 Å². The highest BCUT2D eigenvalue weighted by Crippen LogP contribution is 2.21. The molecule has 1 saturated heterocycles. The Bertz CT molecular complexity index is 440. The van der Waals surface area contributed by atoms with E-state index in [0.29, 0.717) is 17.8 Å². The lowest BCUT2D eigenvalue weighted by Gasteiger charge is -2.23. The molecule has 1 atom stereocenters. The smallest absolute Gasteiger partial charge is 0.323 e. The van der Waals surface area contributed by atoms with Crippen LogP contribution in [-0.4, -0.2) is 45.3 Å². The Morgan fingerprint density at radius 1 is 1.65 bits per heavy atom. The molecule has 1 aromatic rings. The first-order chi connectivity index (χ1) is 9.56. The summed E-state index contributed by atoms with van der Waals surface area (Å²) in [6.07, 6.45) is 4.09. The van der Waals surface area contributed by atoms with Gasteiger partial charge in [0.15, 0.2) is 5.82 Å². The summed E-state index contributed by atoms with van der Waals surface area (Å²) in [4.78, 5) is 13.9. The number of carbonyl (C=O) groups is 1. The fourth-order valence-electron chi connectivity index (χ4n) is 2.13. The summed E-state index contributed by atoms with van der Waals surface area (Å²) in [6.45, 7) is 5.28. The van der Waals surface area contributed by atoms with Gasteiger partial charge in [0.2, 0.25) is 0 Å². The summed E-state index contributed by atoms with van der Waals surface area (Å²) >= 11 is 1.91. The van der Waals surface area contributed by atoms with Crippen LogP contribution in [0.15, 0.2) is 12.3 Å². The van der Waals surface area contributed by atoms with E-state index in [1.54, 1.807) is 4.90 Å². The van der Waals surface area contributed by atoms with Crippen molar-refractivity contribution in [3.05, 3.63) is 12.3 Å². The molecule has 1 aliphatic rings. The van der Waals surface area contributed by atoms with Crippen molar-refractivity contribution in [1.29, 1.82) is 0 Å². The predicted molar refractivity (Wildman–Crippen MR) is 84.2 cm³/mol. The number of urea groups is 1. The number of carbonyl (C=O) groups excluding carboxylic acids is 1. The van der Waals surface area contributed by atoms with Crippen LogP contribution in [-0.2, 0) is 6.54 Å². The van der Waals surface area contributed by atoms with Gasteiger partial charge in [-0.3, -0.25) is 10.00 Å². The first kappa shape index (κ1) is 15.2. The Labute approximate surface area is 125 Å². The SMILES string of the molecule is CC(C)CCn1ccc(NC(=O)N(C)[C@H]2CCSC2)n1. The second-order valence-electron chi connectivity index (χ2n) is 5.71. The molecule has 0 saturated carbocycles. The Hall–Kier alpha value is -1.17. The maximum Gasteiger partial charge on any atom is 0.323 e. The lowest BCUT2D eigenvalue weighted by molar-refractivity contribution is 0.209. The summed E-state index contributed by atoms with van der Waals surface area (Å²) < 4.78 is 1.89. The van der Waals surface area contributed by atoms with Crippen LogP contribution in [0.4, 0.5) is 10.6 Å². The zero-order valence-electron chi connectivity index (χ0n) is 12.5. The molecule has 0 spiro atoms. The van der Waals surface area contributed by atoms with Gasteiger partial charge in [0.1, 0.15) is 0 Å². The maximum atomic E-state index is 12.1. The minimum absolute atomic E-state index is 0.0633. The number of hydrogen-bond acceptors (Lipinski definition) is 3. The van der Waals surface area contributed by atoms with Gasteiger partial charge in [-0.15, -0.1) is 0 Å². The fraction of sp³-hybridized carbons (Fsp3) is 0.714. The van der Waals surface area contributed by atoms with Crippen LogP contribution >= 0.6 is 11.8 Å². The van der Waals surface area contributed by atoms with Crippen molar-refractivity contribution in [3.63, 3.8) is 0 Å². The Balaban J connectivity index is 1.84. The maximum absolute atomic E-state index is 12.1. The van der Waals surface area contributed by atoms with Gasteiger partial charge in [-0.05, 0) is 24.5 Å². The zero-order valence-corrected chi connectivity index (χ0v) is 13.3. The monoisotopic (exact) mass is 296 g/mol. The molecule has 112 valence electrons. The Morgan fingerprint density at radius 2 is 2.45 bits per heavy atom. The summed E-state index contributed by atoms with van der Waals surface area (Å²) in [7, 11) is 1.86. The highest BCUT2D eigenvalue weighted by atomic mass is 32.2. The van der Waals surface area contributed by atoms with E-state index in [0.717, 1.165) is 30.9 Å². The highest BCUT2D eigenvalue weighted by molar-refractivity contribution is 7.99. The Morgan fingerprint density at radius 3 is 3.10 bits per heavy atom. The third-order valence-corrected chi connectivity index (χ3v) is 4.73. The molecule has 1 aliphatic heterocycles. The van der Waals surface area contributed by atoms with E-state index in [9.17, 15) is 4.79 Å². The molecule has 0 bridgehead atoms. The minimum atomic E-state index is -0.0633. The number of amides is 2. The van der Waals surface area contributed by atoms with E-state index in [-0.39, 0.29) is 6.03 Å². The van der Waals surface area contributed by atoms with Crippen molar-refractivity contribution in [2.75, 3.05) is 23.9 Å². The van der Waals surface area contributed by atoms with E-state index in [1.165, 1.54) is 0 Å². The molecular formula is C14H24N4OS. The molecule has 1 N–H and O–H groups in total. The molecule has 2 rings (SSSR count). The number of anilines is 1. The van der Waals surface area contributed by atoms with E-state index in [1.807, 2.05) is 35.8 Å². The largest absolute Gasteiger partial charge is 0.324 e. The predicted octanol–water partition coefficient (Wildman–Crippen LogP) is 2.90. The second-order valence-corrected chi connectivity index (χ2v) is 6.85. The van der Waals surface area contributed by atoms with Crippen molar-refractivity contribution in [1.82, 2.24) is 14.7 Å². The molecule has 0 aliphatic carbocycles. The van der Waals surface area contributed by atoms with Crippen molar-refractivity contribution in [3.8, 4) is 0 Å². The third-order valence-electron chi connectivity index (χ3n) is 3.58. The molecule has 2 amide bonds. The van der Waals surface area contributed by atoms with Gasteiger partial charge >= 0.3 is 6.03 Å². The summed E-state index contributed by atoms with van der Waals surface area (Å²) in [5, 5.41) is 7.26. The fourth-order valence-corrected chi connectivity index (χ4v) is 3.40. The number of nitrogens with one attached hydrogen (secondary N) is 1. The van der Waals surface area contributed by atoms with Gasteiger partial charge in [-0.1, -0.05) is 13.8 Å². The normalized spacial score (nSPS) is 18.5. The number of aryl methyl sites for hydroxylation is 1. The van der Waals surface area contributed by atoms with Crippen LogP contribution < -0.4 is 5.32 Å². The molecule has 0 unspecified atom stereocenters. The van der Waals surface area contributed by atoms with Gasteiger partial charge in [-0.2, -0.15) is 16.9 Å². The molecule has 0 radical (unpaired) electrons. The molecule has 1 fully saturated rings. The number of hydrogen-bond donors (Lipinski definition) is 1. The van der Waals surface area contributed by atoms with Gasteiger partial charge < -0.3 is 4.90 Å². The van der Waals surface area contributed by atoms with Crippen LogP contribution in [0.2, 0.25) is 0 Å². The molecule has 20 heavy (non-hydrogen) atoms. The van der Waals surface area contributed by atoms with Crippen molar-refractivity contribution < 1.29 is 4.79 Å². The van der Waals surface area contributed by atoms with E-state index >= 15 is 0 Å². The first-order valence-corrected chi connectivity index (χ1v) is 8.36. The van der Waals surface area contributed by atoms with Crippen LogP contribution in [0.1, 0.15) is 26.7 Å². The quantitative estimate of drug-likeness (QED) is 0.909. The van der Waals surface area contributed by atoms with Crippen LogP contribution in [0, 0.1) is 5.92 Å². The van der Waals surface area contributed by atoms with Crippen LogP contribution in [0.5, 0.6) is 0 Å². The van der Waals surface area contributed by atoms with Crippen molar-refractivity contribution in [2.24, 2.45) is 5.92 Å². The lowest BCUT2D eigenvalue weighted by Crippen LogP contribution is -2.39. The second kappa shape index (κ2) is 7.02. The Kier molecular flexibility index (Phi) is 5.34. The number of nitrogens with zero attached hydrogens (tertiary/aromatic N) is 3. The minimum Gasteiger partial charge on any atom is -0.324 e. The molecule has 1 aromatic heterocycles. The van der Waals surface area contributed by atoms with Gasteiger partial charge in [0.25, 0.3) is 0 Å². The molecule has 0 aromatic carbocycles. The summed E-state index contributed by atoms with van der Waals surface area (Å²) in [6, 6.07) is 2.14. The first-order valence-electron chi connectivity index (χ1n) is 7.21. The average molecular weight is 296 g/mol. The highest BCUT2D eigenvalue weighted by Gasteiger charge is 2.24. The van der Waals surface area contributed by atoms with Crippen LogP contribution in [0.25, 0.3) is 0 Å². The van der Waals surface area contributed by atoms with Gasteiger partial charge in [-0.25, -0.2) is 4.79 Å². The van der Waals surface area contributed by atoms with Gasteiger partial charge in [0, 0.05) is 37.7 Å². The molecule has 5 nitrogen and oxygen atoms in total. The van der Waals surface area contributed by atoms with Crippen molar-refractivity contribution >= 4 is 23.6 Å². The standard InChI is InChI=1S/C14H24N4OS/c1-11(2)4-7-18-8-5-13(16-18)15-14(19)17(3)12-6-9-20-10-12/h5,8,11-12H,4,6-7,9-10H2,1-3H3,(H,15,16,19)/t12-/m0/s1. The summed E-state index contributed by atoms with van der Waals surface area (Å²) in [5.41, 5.74) is 0. The van der Waals surface area contributed by atoms with E-state index in [2.05, 4.69) is 24.3 Å².